The second-order valence-electron chi connectivity index (χ2n) is 5.88. The fourth-order valence-electron chi connectivity index (χ4n) is 2.29. The number of para-hydroxylation sites is 1. The molecule has 138 valence electrons. The van der Waals surface area contributed by atoms with Crippen LogP contribution in [0.15, 0.2) is 24.3 Å². The summed E-state index contributed by atoms with van der Waals surface area (Å²) in [5, 5.41) is 7.70. The molecule has 4 amide bonds. The summed E-state index contributed by atoms with van der Waals surface area (Å²) in [5.41, 5.74) is 1.73. The average molecular weight is 348 g/mol. The van der Waals surface area contributed by atoms with Crippen LogP contribution in [0.4, 0.5) is 10.5 Å². The summed E-state index contributed by atoms with van der Waals surface area (Å²) in [6, 6.07) is 7.01. The van der Waals surface area contributed by atoms with Crippen LogP contribution in [0.25, 0.3) is 0 Å². The van der Waals surface area contributed by atoms with Gasteiger partial charge >= 0.3 is 6.03 Å². The molecule has 0 fully saturated rings. The highest BCUT2D eigenvalue weighted by molar-refractivity contribution is 5.96. The van der Waals surface area contributed by atoms with Gasteiger partial charge in [0.1, 0.15) is 0 Å². The highest BCUT2D eigenvalue weighted by Crippen LogP contribution is 2.12. The maximum atomic E-state index is 12.2. The zero-order chi connectivity index (χ0) is 18.7. The number of hydrogen-bond donors (Lipinski definition) is 3. The SMILES string of the molecule is CCCNC(=O)NC(=O)CN(CCC)CC(=O)Nc1ccccc1C. The van der Waals surface area contributed by atoms with Crippen molar-refractivity contribution < 1.29 is 14.4 Å². The molecule has 0 aromatic heterocycles. The van der Waals surface area contributed by atoms with Gasteiger partial charge in [0.05, 0.1) is 13.1 Å². The minimum absolute atomic E-state index is 0.00538. The van der Waals surface area contributed by atoms with Crippen molar-refractivity contribution in [2.24, 2.45) is 0 Å². The van der Waals surface area contributed by atoms with Gasteiger partial charge in [0.2, 0.25) is 11.8 Å². The molecule has 0 aliphatic rings. The Balaban J connectivity index is 2.52. The Kier molecular flexibility index (Phi) is 9.24. The minimum Gasteiger partial charge on any atom is -0.338 e. The number of anilines is 1. The summed E-state index contributed by atoms with van der Waals surface area (Å²) < 4.78 is 0. The van der Waals surface area contributed by atoms with Crippen molar-refractivity contribution in [3.05, 3.63) is 29.8 Å². The molecule has 7 nitrogen and oxygen atoms in total. The molecule has 1 rings (SSSR count). The normalized spacial score (nSPS) is 10.4. The van der Waals surface area contributed by atoms with Crippen LogP contribution in [0.5, 0.6) is 0 Å². The lowest BCUT2D eigenvalue weighted by Gasteiger charge is -2.20. The number of imide groups is 1. The van der Waals surface area contributed by atoms with Gasteiger partial charge in [-0.2, -0.15) is 0 Å². The van der Waals surface area contributed by atoms with E-state index in [2.05, 4.69) is 16.0 Å². The molecule has 1 aromatic rings. The van der Waals surface area contributed by atoms with Crippen molar-refractivity contribution in [2.45, 2.75) is 33.6 Å². The van der Waals surface area contributed by atoms with Crippen LogP contribution in [0.3, 0.4) is 0 Å². The molecule has 0 heterocycles. The Hall–Kier alpha value is -2.41. The maximum absolute atomic E-state index is 12.2. The van der Waals surface area contributed by atoms with Gasteiger partial charge in [0, 0.05) is 12.2 Å². The number of rotatable bonds is 9. The van der Waals surface area contributed by atoms with Gasteiger partial charge < -0.3 is 10.6 Å². The number of nitrogens with one attached hydrogen (secondary N) is 3. The number of hydrogen-bond acceptors (Lipinski definition) is 4. The van der Waals surface area contributed by atoms with Crippen molar-refractivity contribution in [1.29, 1.82) is 0 Å². The Morgan fingerprint density at radius 3 is 2.32 bits per heavy atom. The van der Waals surface area contributed by atoms with E-state index in [0.717, 1.165) is 24.1 Å². The van der Waals surface area contributed by atoms with Gasteiger partial charge in [-0.1, -0.05) is 32.0 Å². The van der Waals surface area contributed by atoms with Crippen molar-refractivity contribution in [2.75, 3.05) is 31.5 Å². The van der Waals surface area contributed by atoms with Crippen LogP contribution < -0.4 is 16.0 Å². The molecular weight excluding hydrogens is 320 g/mol. The van der Waals surface area contributed by atoms with Crippen molar-refractivity contribution >= 4 is 23.5 Å². The number of amides is 4. The number of carbonyl (C=O) groups is 3. The van der Waals surface area contributed by atoms with Gasteiger partial charge in [-0.25, -0.2) is 4.79 Å². The second kappa shape index (κ2) is 11.2. The minimum atomic E-state index is -0.507. The largest absolute Gasteiger partial charge is 0.338 e. The molecule has 0 bridgehead atoms. The number of aryl methyl sites for hydroxylation is 1. The quantitative estimate of drug-likeness (QED) is 0.635. The Morgan fingerprint density at radius 2 is 1.68 bits per heavy atom. The van der Waals surface area contributed by atoms with Crippen LogP contribution >= 0.6 is 0 Å². The first-order valence-corrected chi connectivity index (χ1v) is 8.61. The first-order chi connectivity index (χ1) is 12.0. The van der Waals surface area contributed by atoms with Crippen molar-refractivity contribution in [3.63, 3.8) is 0 Å². The monoisotopic (exact) mass is 348 g/mol. The molecule has 0 aliphatic heterocycles. The Morgan fingerprint density at radius 1 is 1.00 bits per heavy atom. The summed E-state index contributed by atoms with van der Waals surface area (Å²) in [7, 11) is 0. The molecule has 0 aliphatic carbocycles. The topological polar surface area (TPSA) is 90.5 Å². The van der Waals surface area contributed by atoms with E-state index in [0.29, 0.717) is 13.1 Å². The molecule has 7 heteroatoms. The van der Waals surface area contributed by atoms with E-state index in [1.54, 1.807) is 4.90 Å². The molecule has 0 radical (unpaired) electrons. The predicted molar refractivity (Wildman–Crippen MR) is 98.4 cm³/mol. The highest BCUT2D eigenvalue weighted by atomic mass is 16.2. The van der Waals surface area contributed by atoms with Gasteiger partial charge in [-0.3, -0.25) is 19.8 Å². The van der Waals surface area contributed by atoms with Crippen molar-refractivity contribution in [3.8, 4) is 0 Å². The maximum Gasteiger partial charge on any atom is 0.321 e. The van der Waals surface area contributed by atoms with Gasteiger partial charge in [-0.15, -0.1) is 0 Å². The van der Waals surface area contributed by atoms with Crippen LogP contribution in [0, 0.1) is 6.92 Å². The summed E-state index contributed by atoms with van der Waals surface area (Å²) in [5.74, 6) is -0.614. The predicted octanol–water partition coefficient (Wildman–Crippen LogP) is 1.88. The van der Waals surface area contributed by atoms with E-state index in [9.17, 15) is 14.4 Å². The Labute approximate surface area is 149 Å². The summed E-state index contributed by atoms with van der Waals surface area (Å²) in [6.45, 7) is 7.00. The lowest BCUT2D eigenvalue weighted by molar-refractivity contribution is -0.122. The molecule has 0 atom stereocenters. The van der Waals surface area contributed by atoms with E-state index in [-0.39, 0.29) is 19.0 Å². The zero-order valence-electron chi connectivity index (χ0n) is 15.2. The molecule has 0 saturated carbocycles. The number of carbonyl (C=O) groups excluding carboxylic acids is 3. The third-order valence-electron chi connectivity index (χ3n) is 3.48. The lowest BCUT2D eigenvalue weighted by atomic mass is 10.2. The fraction of sp³-hybridized carbons (Fsp3) is 0.500. The standard InChI is InChI=1S/C18H28N4O3/c1-4-10-19-18(25)21-17(24)13-22(11-5-2)12-16(23)20-15-9-7-6-8-14(15)3/h6-9H,4-5,10-13H2,1-3H3,(H,20,23)(H2,19,21,24,25). The van der Waals surface area contributed by atoms with E-state index < -0.39 is 11.9 Å². The van der Waals surface area contributed by atoms with Gasteiger partial charge in [-0.05, 0) is 37.9 Å². The summed E-state index contributed by atoms with van der Waals surface area (Å²) >= 11 is 0. The summed E-state index contributed by atoms with van der Waals surface area (Å²) in [4.78, 5) is 37.4. The van der Waals surface area contributed by atoms with Crippen LogP contribution in [0.1, 0.15) is 32.3 Å². The smallest absolute Gasteiger partial charge is 0.321 e. The van der Waals surface area contributed by atoms with Crippen LogP contribution in [-0.4, -0.2) is 48.9 Å². The Bertz CT molecular complexity index is 589. The van der Waals surface area contributed by atoms with Gasteiger partial charge in [0.15, 0.2) is 0 Å². The third kappa shape index (κ3) is 8.30. The molecule has 0 saturated heterocycles. The van der Waals surface area contributed by atoms with Crippen LogP contribution in [0.2, 0.25) is 0 Å². The number of benzene rings is 1. The molecule has 25 heavy (non-hydrogen) atoms. The van der Waals surface area contributed by atoms with E-state index in [1.807, 2.05) is 45.0 Å². The van der Waals surface area contributed by atoms with Gasteiger partial charge in [0.25, 0.3) is 0 Å². The lowest BCUT2D eigenvalue weighted by Crippen LogP contribution is -2.46. The van der Waals surface area contributed by atoms with E-state index in [1.165, 1.54) is 0 Å². The first-order valence-electron chi connectivity index (χ1n) is 8.61. The second-order valence-corrected chi connectivity index (χ2v) is 5.88. The first kappa shape index (κ1) is 20.6. The van der Waals surface area contributed by atoms with E-state index >= 15 is 0 Å². The van der Waals surface area contributed by atoms with E-state index in [4.69, 9.17) is 0 Å². The third-order valence-corrected chi connectivity index (χ3v) is 3.48. The fourth-order valence-corrected chi connectivity index (χ4v) is 2.29. The molecule has 1 aromatic carbocycles. The highest BCUT2D eigenvalue weighted by Gasteiger charge is 2.16. The van der Waals surface area contributed by atoms with Crippen LogP contribution in [-0.2, 0) is 9.59 Å². The number of urea groups is 1. The molecule has 0 spiro atoms. The molecular formula is C18H28N4O3. The van der Waals surface area contributed by atoms with Crippen molar-refractivity contribution in [1.82, 2.24) is 15.5 Å². The zero-order valence-corrected chi connectivity index (χ0v) is 15.2. The molecule has 3 N–H and O–H groups in total. The average Bonchev–Trinajstić information content (AvgIpc) is 2.55. The number of nitrogens with zero attached hydrogens (tertiary/aromatic N) is 1. The summed E-state index contributed by atoms with van der Waals surface area (Å²) in [6.07, 6.45) is 1.59. The molecule has 0 unspecified atom stereocenters.